The minimum Gasteiger partial charge on any atom is -0.266 e. The molecule has 81 valence electrons. The Bertz CT molecular complexity index is 470. The molecule has 0 atom stereocenters. The molecule has 1 amide bonds. The number of halogens is 1. The van der Waals surface area contributed by atoms with Crippen LogP contribution >= 0.6 is 15.9 Å². The minimum atomic E-state index is -3.62. The molecule has 0 N–H and O–H groups in total. The molecule has 1 radical (unpaired) electrons. The van der Waals surface area contributed by atoms with Crippen molar-refractivity contribution in [1.82, 2.24) is 4.72 Å². The van der Waals surface area contributed by atoms with Gasteiger partial charge in [0.25, 0.3) is 15.9 Å². The number of rotatable bonds is 3. The van der Waals surface area contributed by atoms with Crippen molar-refractivity contribution in [3.8, 4) is 0 Å². The normalized spacial score (nSPS) is 11.1. The number of nitrogens with zero attached hydrogens (tertiary/aromatic N) is 1. The molecule has 0 aliphatic heterocycles. The van der Waals surface area contributed by atoms with Crippen LogP contribution in [0, 0.1) is 0 Å². The van der Waals surface area contributed by atoms with Gasteiger partial charge in [0.15, 0.2) is 0 Å². The predicted octanol–water partition coefficient (Wildman–Crippen LogP) is 1.54. The molecule has 0 fully saturated rings. The van der Waals surface area contributed by atoms with Crippen LogP contribution in [-0.2, 0) is 10.0 Å². The van der Waals surface area contributed by atoms with E-state index in [4.69, 9.17) is 0 Å². The molecule has 6 heteroatoms. The molecule has 0 aromatic heterocycles. The maximum Gasteiger partial charge on any atom is 0.287 e. The highest BCUT2D eigenvalue weighted by atomic mass is 79.9. The lowest BCUT2D eigenvalue weighted by atomic mass is 10.2. The summed E-state index contributed by atoms with van der Waals surface area (Å²) in [7, 11) is -3.62. The van der Waals surface area contributed by atoms with Crippen molar-refractivity contribution < 1.29 is 13.2 Å². The quantitative estimate of drug-likeness (QED) is 0.848. The standard InChI is InChI=1S/C9H9BrNO3S/c1-2-15(13,14)11-9(12)7-4-3-5-8(10)6-7/h3-6H,2H2,1H3. The Morgan fingerprint density at radius 2 is 2.13 bits per heavy atom. The van der Waals surface area contributed by atoms with Gasteiger partial charge in [-0.3, -0.25) is 4.79 Å². The zero-order valence-electron chi connectivity index (χ0n) is 7.97. The first-order valence-electron chi connectivity index (χ1n) is 4.20. The summed E-state index contributed by atoms with van der Waals surface area (Å²) in [5.41, 5.74) is 0.251. The van der Waals surface area contributed by atoms with Crippen molar-refractivity contribution >= 4 is 31.9 Å². The van der Waals surface area contributed by atoms with E-state index in [1.807, 2.05) is 0 Å². The van der Waals surface area contributed by atoms with E-state index < -0.39 is 15.9 Å². The Morgan fingerprint density at radius 3 is 2.67 bits per heavy atom. The molecular weight excluding hydrogens is 282 g/mol. The van der Waals surface area contributed by atoms with Crippen LogP contribution in [-0.4, -0.2) is 20.1 Å². The van der Waals surface area contributed by atoms with E-state index in [1.165, 1.54) is 19.1 Å². The lowest BCUT2D eigenvalue weighted by Gasteiger charge is -2.01. The topological polar surface area (TPSA) is 65.3 Å². The van der Waals surface area contributed by atoms with Gasteiger partial charge in [-0.05, 0) is 25.1 Å². The fraction of sp³-hybridized carbons (Fsp3) is 0.222. The first-order chi connectivity index (χ1) is 6.94. The largest absolute Gasteiger partial charge is 0.287 e. The number of hydrogen-bond donors (Lipinski definition) is 0. The predicted molar refractivity (Wildman–Crippen MR) is 60.1 cm³/mol. The number of benzene rings is 1. The summed E-state index contributed by atoms with van der Waals surface area (Å²) < 4.78 is 26.0. The zero-order valence-corrected chi connectivity index (χ0v) is 10.4. The number of hydrogen-bond acceptors (Lipinski definition) is 3. The third-order valence-corrected chi connectivity index (χ3v) is 3.33. The van der Waals surface area contributed by atoms with E-state index in [-0.39, 0.29) is 11.3 Å². The Morgan fingerprint density at radius 1 is 1.47 bits per heavy atom. The Balaban J connectivity index is 2.87. The van der Waals surface area contributed by atoms with Gasteiger partial charge in [0.1, 0.15) is 0 Å². The molecule has 0 unspecified atom stereocenters. The Hall–Kier alpha value is -0.880. The first kappa shape index (κ1) is 12.2. The second kappa shape index (κ2) is 4.76. The fourth-order valence-electron chi connectivity index (χ4n) is 0.865. The molecule has 0 saturated carbocycles. The van der Waals surface area contributed by atoms with E-state index in [9.17, 15) is 13.2 Å². The molecule has 0 heterocycles. The van der Waals surface area contributed by atoms with Gasteiger partial charge in [-0.1, -0.05) is 22.0 Å². The summed E-state index contributed by atoms with van der Waals surface area (Å²) in [4.78, 5) is 11.4. The number of sulfonamides is 1. The van der Waals surface area contributed by atoms with Gasteiger partial charge >= 0.3 is 0 Å². The van der Waals surface area contributed by atoms with E-state index >= 15 is 0 Å². The molecular formula is C9H9BrNO3S. The summed E-state index contributed by atoms with van der Waals surface area (Å²) in [6, 6.07) is 6.43. The Labute approximate surface area is 96.9 Å². The van der Waals surface area contributed by atoms with E-state index in [0.29, 0.717) is 4.47 Å². The third kappa shape index (κ3) is 3.64. The molecule has 0 aliphatic rings. The highest BCUT2D eigenvalue weighted by molar-refractivity contribution is 9.10. The molecule has 1 aromatic rings. The van der Waals surface area contributed by atoms with Crippen molar-refractivity contribution in [2.45, 2.75) is 6.92 Å². The molecule has 0 aliphatic carbocycles. The van der Waals surface area contributed by atoms with Crippen LogP contribution in [0.4, 0.5) is 0 Å². The molecule has 1 rings (SSSR count). The second-order valence-corrected chi connectivity index (χ2v) is 5.62. The summed E-state index contributed by atoms with van der Waals surface area (Å²) in [6.07, 6.45) is 0. The van der Waals surface area contributed by atoms with Crippen LogP contribution < -0.4 is 4.72 Å². The average molecular weight is 291 g/mol. The second-order valence-electron chi connectivity index (χ2n) is 2.78. The molecule has 15 heavy (non-hydrogen) atoms. The van der Waals surface area contributed by atoms with Crippen LogP contribution in [0.25, 0.3) is 0 Å². The molecule has 4 nitrogen and oxygen atoms in total. The summed E-state index contributed by atoms with van der Waals surface area (Å²) in [5, 5.41) is 0. The van der Waals surface area contributed by atoms with E-state index in [1.54, 1.807) is 12.1 Å². The van der Waals surface area contributed by atoms with Gasteiger partial charge in [0.05, 0.1) is 5.75 Å². The van der Waals surface area contributed by atoms with Crippen molar-refractivity contribution in [3.63, 3.8) is 0 Å². The van der Waals surface area contributed by atoms with Crippen molar-refractivity contribution in [2.75, 3.05) is 5.75 Å². The lowest BCUT2D eigenvalue weighted by molar-refractivity contribution is 0.0978. The van der Waals surface area contributed by atoms with Crippen LogP contribution in [0.2, 0.25) is 0 Å². The minimum absolute atomic E-state index is 0.174. The van der Waals surface area contributed by atoms with Gasteiger partial charge < -0.3 is 0 Å². The summed E-state index contributed by atoms with van der Waals surface area (Å²) in [6.45, 7) is 1.44. The van der Waals surface area contributed by atoms with Gasteiger partial charge in [-0.2, -0.15) is 0 Å². The Kier molecular flexibility index (Phi) is 3.87. The van der Waals surface area contributed by atoms with Gasteiger partial charge in [0, 0.05) is 10.0 Å². The third-order valence-electron chi connectivity index (χ3n) is 1.66. The first-order valence-corrected chi connectivity index (χ1v) is 6.60. The average Bonchev–Trinajstić information content (AvgIpc) is 2.17. The van der Waals surface area contributed by atoms with Gasteiger partial charge in [-0.25, -0.2) is 8.42 Å². The lowest BCUT2D eigenvalue weighted by Crippen LogP contribution is -2.24. The molecule has 0 bridgehead atoms. The highest BCUT2D eigenvalue weighted by Gasteiger charge is 2.16. The van der Waals surface area contributed by atoms with Crippen LogP contribution in [0.15, 0.2) is 28.7 Å². The molecule has 0 saturated heterocycles. The van der Waals surface area contributed by atoms with Crippen molar-refractivity contribution in [3.05, 3.63) is 34.3 Å². The van der Waals surface area contributed by atoms with Crippen LogP contribution in [0.1, 0.15) is 17.3 Å². The van der Waals surface area contributed by atoms with Crippen LogP contribution in [0.3, 0.4) is 0 Å². The summed E-state index contributed by atoms with van der Waals surface area (Å²) in [5.74, 6) is -0.912. The van der Waals surface area contributed by atoms with Crippen molar-refractivity contribution in [2.24, 2.45) is 0 Å². The van der Waals surface area contributed by atoms with Gasteiger partial charge in [0.2, 0.25) is 0 Å². The fourth-order valence-corrected chi connectivity index (χ4v) is 1.75. The smallest absolute Gasteiger partial charge is 0.266 e. The maximum atomic E-state index is 11.4. The number of carbonyl (C=O) groups excluding carboxylic acids is 1. The number of amides is 1. The van der Waals surface area contributed by atoms with Crippen LogP contribution in [0.5, 0.6) is 0 Å². The highest BCUT2D eigenvalue weighted by Crippen LogP contribution is 2.12. The SMILES string of the molecule is CCS(=O)(=O)[N]C(=O)c1cccc(Br)c1. The van der Waals surface area contributed by atoms with Crippen molar-refractivity contribution in [1.29, 1.82) is 0 Å². The molecule has 0 spiro atoms. The van der Waals surface area contributed by atoms with E-state index in [0.717, 1.165) is 0 Å². The molecule has 1 aromatic carbocycles. The number of carbonyl (C=O) groups is 1. The summed E-state index contributed by atoms with van der Waals surface area (Å²) >= 11 is 3.18. The zero-order chi connectivity index (χ0) is 11.5. The van der Waals surface area contributed by atoms with Gasteiger partial charge in [-0.15, -0.1) is 4.72 Å². The monoisotopic (exact) mass is 290 g/mol. The van der Waals surface area contributed by atoms with E-state index in [2.05, 4.69) is 20.7 Å². The maximum absolute atomic E-state index is 11.4.